The molecule has 0 aliphatic heterocycles. The van der Waals surface area contributed by atoms with Crippen molar-refractivity contribution in [1.29, 1.82) is 5.26 Å². The van der Waals surface area contributed by atoms with Crippen molar-refractivity contribution in [1.82, 2.24) is 10.2 Å². The van der Waals surface area contributed by atoms with Crippen LogP contribution in [0.1, 0.15) is 11.1 Å². The highest BCUT2D eigenvalue weighted by molar-refractivity contribution is 5.71. The lowest BCUT2D eigenvalue weighted by Crippen LogP contribution is -2.02. The molecule has 5 heteroatoms. The molecule has 5 nitrogen and oxygen atoms in total. The summed E-state index contributed by atoms with van der Waals surface area (Å²) in [7, 11) is 1.65. The van der Waals surface area contributed by atoms with Gasteiger partial charge in [0.25, 0.3) is 0 Å². The number of nitrogens with one attached hydrogen (secondary N) is 1. The molecular weight excluding hydrogens is 252 g/mol. The van der Waals surface area contributed by atoms with Gasteiger partial charge in [0.1, 0.15) is 18.1 Å². The minimum atomic E-state index is 0.209. The van der Waals surface area contributed by atoms with E-state index in [-0.39, 0.29) is 6.54 Å². The maximum Gasteiger partial charge on any atom is 0.149 e. The normalized spacial score (nSPS) is 9.90. The largest absolute Gasteiger partial charge is 0.496 e. The van der Waals surface area contributed by atoms with Gasteiger partial charge in [-0.2, -0.15) is 5.26 Å². The molecule has 0 aliphatic carbocycles. The number of nitrogens with zero attached hydrogens (tertiary/aromatic N) is 3. The molecule has 0 unspecified atom stereocenters. The van der Waals surface area contributed by atoms with E-state index in [4.69, 9.17) is 10.00 Å². The highest BCUT2D eigenvalue weighted by Gasteiger charge is 2.12. The minimum absolute atomic E-state index is 0.209. The lowest BCUT2D eigenvalue weighted by Gasteiger charge is -2.12. The number of aromatic nitrogens is 2. The Bertz CT molecular complexity index is 644. The van der Waals surface area contributed by atoms with E-state index in [1.54, 1.807) is 13.2 Å². The monoisotopic (exact) mass is 268 g/mol. The second kappa shape index (κ2) is 6.02. The summed E-state index contributed by atoms with van der Waals surface area (Å²) in [5.74, 6) is 1.37. The van der Waals surface area contributed by atoms with Crippen molar-refractivity contribution in [3.63, 3.8) is 0 Å². The van der Waals surface area contributed by atoms with Gasteiger partial charge in [0.15, 0.2) is 0 Å². The maximum atomic E-state index is 8.51. The van der Waals surface area contributed by atoms with Crippen LogP contribution in [0.25, 0.3) is 11.3 Å². The van der Waals surface area contributed by atoms with E-state index >= 15 is 0 Å². The van der Waals surface area contributed by atoms with Crippen LogP contribution in [-0.2, 0) is 0 Å². The Kier molecular flexibility index (Phi) is 4.16. The smallest absolute Gasteiger partial charge is 0.149 e. The van der Waals surface area contributed by atoms with Gasteiger partial charge in [0.2, 0.25) is 0 Å². The predicted molar refractivity (Wildman–Crippen MR) is 77.6 cm³/mol. The fourth-order valence-corrected chi connectivity index (χ4v) is 2.11. The summed E-state index contributed by atoms with van der Waals surface area (Å²) in [4.78, 5) is 0. The fourth-order valence-electron chi connectivity index (χ4n) is 2.11. The number of nitriles is 1. The van der Waals surface area contributed by atoms with Gasteiger partial charge in [0, 0.05) is 5.56 Å². The zero-order valence-corrected chi connectivity index (χ0v) is 11.8. The summed E-state index contributed by atoms with van der Waals surface area (Å²) in [6, 6.07) is 9.73. The van der Waals surface area contributed by atoms with Crippen molar-refractivity contribution in [2.24, 2.45) is 0 Å². The SMILES string of the molecule is COc1cc(C)cc(C)c1-c1ccc(NCC#N)nn1. The number of benzene rings is 1. The maximum absolute atomic E-state index is 8.51. The molecule has 0 aliphatic rings. The Morgan fingerprint density at radius 3 is 2.65 bits per heavy atom. The molecule has 0 bridgehead atoms. The molecule has 20 heavy (non-hydrogen) atoms. The third kappa shape index (κ3) is 2.86. The summed E-state index contributed by atoms with van der Waals surface area (Å²) < 4.78 is 5.43. The highest BCUT2D eigenvalue weighted by Crippen LogP contribution is 2.32. The van der Waals surface area contributed by atoms with E-state index in [0.29, 0.717) is 5.82 Å². The van der Waals surface area contributed by atoms with Crippen LogP contribution < -0.4 is 10.1 Å². The molecule has 1 aromatic heterocycles. The van der Waals surface area contributed by atoms with Crippen LogP contribution in [0.2, 0.25) is 0 Å². The molecule has 1 heterocycles. The van der Waals surface area contributed by atoms with E-state index in [1.807, 2.05) is 32.0 Å². The molecule has 0 atom stereocenters. The van der Waals surface area contributed by atoms with Gasteiger partial charge in [-0.1, -0.05) is 6.07 Å². The summed E-state index contributed by atoms with van der Waals surface area (Å²) in [6.07, 6.45) is 0. The first-order valence-electron chi connectivity index (χ1n) is 6.26. The van der Waals surface area contributed by atoms with Gasteiger partial charge < -0.3 is 10.1 Å². The number of methoxy groups -OCH3 is 1. The Labute approximate surface area is 118 Å². The van der Waals surface area contributed by atoms with Crippen LogP contribution in [0, 0.1) is 25.2 Å². The summed E-state index contributed by atoms with van der Waals surface area (Å²) >= 11 is 0. The number of hydrogen-bond acceptors (Lipinski definition) is 5. The lowest BCUT2D eigenvalue weighted by molar-refractivity contribution is 0.415. The summed E-state index contributed by atoms with van der Waals surface area (Å²) in [6.45, 7) is 4.26. The van der Waals surface area contributed by atoms with Crippen LogP contribution in [0.15, 0.2) is 24.3 Å². The van der Waals surface area contributed by atoms with Crippen molar-refractivity contribution in [3.8, 4) is 23.1 Å². The van der Waals surface area contributed by atoms with E-state index in [0.717, 1.165) is 28.1 Å². The summed E-state index contributed by atoms with van der Waals surface area (Å²) in [5, 5.41) is 19.6. The minimum Gasteiger partial charge on any atom is -0.496 e. The first-order chi connectivity index (χ1) is 9.65. The van der Waals surface area contributed by atoms with E-state index < -0.39 is 0 Å². The zero-order chi connectivity index (χ0) is 14.5. The Hall–Kier alpha value is -2.61. The zero-order valence-electron chi connectivity index (χ0n) is 11.8. The third-order valence-corrected chi connectivity index (χ3v) is 2.93. The van der Waals surface area contributed by atoms with Crippen molar-refractivity contribution in [3.05, 3.63) is 35.4 Å². The number of hydrogen-bond donors (Lipinski definition) is 1. The van der Waals surface area contributed by atoms with E-state index in [1.165, 1.54) is 0 Å². The first-order valence-corrected chi connectivity index (χ1v) is 6.26. The van der Waals surface area contributed by atoms with Crippen molar-refractivity contribution in [2.45, 2.75) is 13.8 Å². The van der Waals surface area contributed by atoms with E-state index in [9.17, 15) is 0 Å². The standard InChI is InChI=1S/C15H16N4O/c1-10-8-11(2)15(13(9-10)20-3)12-4-5-14(19-18-12)17-7-6-16/h4-5,8-9H,7H2,1-3H3,(H,17,19). The molecule has 2 rings (SSSR count). The van der Waals surface area contributed by atoms with Crippen LogP contribution in [0.5, 0.6) is 5.75 Å². The number of ether oxygens (including phenoxy) is 1. The second-order valence-corrected chi connectivity index (χ2v) is 4.47. The Morgan fingerprint density at radius 2 is 2.05 bits per heavy atom. The Balaban J connectivity index is 2.39. The fraction of sp³-hybridized carbons (Fsp3) is 0.267. The number of anilines is 1. The van der Waals surface area contributed by atoms with Gasteiger partial charge in [-0.15, -0.1) is 10.2 Å². The molecule has 1 N–H and O–H groups in total. The molecule has 1 aromatic carbocycles. The second-order valence-electron chi connectivity index (χ2n) is 4.47. The molecule has 0 amide bonds. The first kappa shape index (κ1) is 13.8. The number of aryl methyl sites for hydroxylation is 2. The average Bonchev–Trinajstić information content (AvgIpc) is 2.45. The molecule has 2 aromatic rings. The third-order valence-electron chi connectivity index (χ3n) is 2.93. The predicted octanol–water partition coefficient (Wildman–Crippen LogP) is 2.70. The number of rotatable bonds is 4. The van der Waals surface area contributed by atoms with Crippen molar-refractivity contribution >= 4 is 5.82 Å². The molecule has 0 spiro atoms. The van der Waals surface area contributed by atoms with Crippen molar-refractivity contribution < 1.29 is 4.74 Å². The molecule has 0 saturated heterocycles. The quantitative estimate of drug-likeness (QED) is 0.863. The average molecular weight is 268 g/mol. The van der Waals surface area contributed by atoms with Gasteiger partial charge in [-0.05, 0) is 43.2 Å². The van der Waals surface area contributed by atoms with Gasteiger partial charge >= 0.3 is 0 Å². The molecule has 102 valence electrons. The molecule has 0 saturated carbocycles. The van der Waals surface area contributed by atoms with E-state index in [2.05, 4.69) is 21.6 Å². The topological polar surface area (TPSA) is 70.8 Å². The highest BCUT2D eigenvalue weighted by atomic mass is 16.5. The van der Waals surface area contributed by atoms with Gasteiger partial charge in [-0.25, -0.2) is 0 Å². The lowest BCUT2D eigenvalue weighted by atomic mass is 10.0. The van der Waals surface area contributed by atoms with Crippen molar-refractivity contribution in [2.75, 3.05) is 19.0 Å². The van der Waals surface area contributed by atoms with Gasteiger partial charge in [0.05, 0.1) is 18.9 Å². The summed E-state index contributed by atoms with van der Waals surface area (Å²) in [5.41, 5.74) is 3.93. The molecule has 0 radical (unpaired) electrons. The van der Waals surface area contributed by atoms with Crippen LogP contribution in [0.3, 0.4) is 0 Å². The van der Waals surface area contributed by atoms with Crippen LogP contribution in [0.4, 0.5) is 5.82 Å². The molecule has 0 fully saturated rings. The Morgan fingerprint density at radius 1 is 1.25 bits per heavy atom. The van der Waals surface area contributed by atoms with Gasteiger partial charge in [-0.3, -0.25) is 0 Å². The molecular formula is C15H16N4O. The van der Waals surface area contributed by atoms with Crippen LogP contribution in [-0.4, -0.2) is 23.9 Å². The van der Waals surface area contributed by atoms with Crippen LogP contribution >= 0.6 is 0 Å².